The van der Waals surface area contributed by atoms with Crippen molar-refractivity contribution in [3.8, 4) is 5.75 Å². The van der Waals surface area contributed by atoms with E-state index in [-0.39, 0.29) is 17.3 Å². The molecule has 0 fully saturated rings. The van der Waals surface area contributed by atoms with Gasteiger partial charge in [-0.25, -0.2) is 8.42 Å². The molecule has 0 aliphatic rings. The number of para-hydroxylation sites is 2. The fraction of sp³-hybridized carbons (Fsp3) is 0.269. The summed E-state index contributed by atoms with van der Waals surface area (Å²) < 4.78 is 33.7. The molecule has 8 heteroatoms. The minimum atomic E-state index is -3.98. The number of carbonyl (C=O) groups is 1. The van der Waals surface area contributed by atoms with E-state index >= 15 is 0 Å². The van der Waals surface area contributed by atoms with Crippen molar-refractivity contribution in [2.45, 2.75) is 30.1 Å². The smallest absolute Gasteiger partial charge is 0.264 e. The molecule has 0 saturated carbocycles. The lowest BCUT2D eigenvalue weighted by Crippen LogP contribution is -2.41. The number of ether oxygens (including phenoxy) is 1. The highest BCUT2D eigenvalue weighted by atomic mass is 32.2. The van der Waals surface area contributed by atoms with Gasteiger partial charge in [-0.05, 0) is 62.4 Å². The average Bonchev–Trinajstić information content (AvgIpc) is 2.85. The summed E-state index contributed by atoms with van der Waals surface area (Å²) >= 11 is 1.73. The first kappa shape index (κ1) is 25.6. The van der Waals surface area contributed by atoms with Crippen molar-refractivity contribution in [1.82, 2.24) is 5.32 Å². The fourth-order valence-corrected chi connectivity index (χ4v) is 5.58. The van der Waals surface area contributed by atoms with Gasteiger partial charge in [-0.2, -0.15) is 0 Å². The molecule has 6 nitrogen and oxygen atoms in total. The molecular formula is C26H30N2O4S2. The predicted octanol–water partition coefficient (Wildman–Crippen LogP) is 4.89. The maximum atomic E-state index is 13.5. The first-order valence-corrected chi connectivity index (χ1v) is 13.6. The quantitative estimate of drug-likeness (QED) is 0.284. The molecule has 1 amide bonds. The highest BCUT2D eigenvalue weighted by molar-refractivity contribution is 7.99. The van der Waals surface area contributed by atoms with Gasteiger partial charge in [-0.3, -0.25) is 9.10 Å². The lowest BCUT2D eigenvalue weighted by molar-refractivity contribution is -0.119. The monoisotopic (exact) mass is 498 g/mol. The second kappa shape index (κ2) is 12.5. The molecule has 180 valence electrons. The summed E-state index contributed by atoms with van der Waals surface area (Å²) in [5.74, 6) is 0.890. The van der Waals surface area contributed by atoms with Gasteiger partial charge in [-0.1, -0.05) is 48.0 Å². The number of nitrogens with zero attached hydrogens (tertiary/aromatic N) is 1. The number of rotatable bonds is 12. The van der Waals surface area contributed by atoms with Gasteiger partial charge < -0.3 is 10.1 Å². The van der Waals surface area contributed by atoms with Crippen LogP contribution in [0.1, 0.15) is 18.9 Å². The molecule has 0 spiro atoms. The van der Waals surface area contributed by atoms with Crippen LogP contribution in [0.15, 0.2) is 88.7 Å². The van der Waals surface area contributed by atoms with Gasteiger partial charge >= 0.3 is 0 Å². The molecule has 0 heterocycles. The number of hydrogen-bond donors (Lipinski definition) is 1. The standard InChI is InChI=1S/C26H30N2O4S2/c1-3-32-25-13-8-7-12-24(25)28(34(30,31)23-10-5-4-6-11-23)20-26(29)27-18-9-19-33-22-16-14-21(2)15-17-22/h4-8,10-17H,3,9,18-20H2,1-2H3,(H,27,29). The Kier molecular flexibility index (Phi) is 9.42. The van der Waals surface area contributed by atoms with Gasteiger partial charge in [0.25, 0.3) is 10.0 Å². The van der Waals surface area contributed by atoms with Crippen molar-refractivity contribution in [3.63, 3.8) is 0 Å². The first-order chi connectivity index (χ1) is 16.4. The molecule has 0 atom stereocenters. The van der Waals surface area contributed by atoms with E-state index in [0.29, 0.717) is 24.6 Å². The van der Waals surface area contributed by atoms with Crippen molar-refractivity contribution in [1.29, 1.82) is 0 Å². The van der Waals surface area contributed by atoms with Crippen LogP contribution >= 0.6 is 11.8 Å². The topological polar surface area (TPSA) is 75.7 Å². The van der Waals surface area contributed by atoms with Crippen LogP contribution in [0.2, 0.25) is 0 Å². The van der Waals surface area contributed by atoms with Crippen LogP contribution in [-0.4, -0.2) is 39.8 Å². The molecule has 0 aliphatic carbocycles. The average molecular weight is 499 g/mol. The highest BCUT2D eigenvalue weighted by Crippen LogP contribution is 2.32. The van der Waals surface area contributed by atoms with Gasteiger partial charge in [0, 0.05) is 11.4 Å². The molecule has 1 N–H and O–H groups in total. The van der Waals surface area contributed by atoms with E-state index in [1.165, 1.54) is 22.6 Å². The van der Waals surface area contributed by atoms with Crippen LogP contribution in [0, 0.1) is 6.92 Å². The van der Waals surface area contributed by atoms with Crippen molar-refractivity contribution in [2.24, 2.45) is 0 Å². The van der Waals surface area contributed by atoms with Crippen molar-refractivity contribution in [3.05, 3.63) is 84.4 Å². The van der Waals surface area contributed by atoms with Crippen LogP contribution in [-0.2, 0) is 14.8 Å². The van der Waals surface area contributed by atoms with E-state index in [2.05, 4.69) is 36.5 Å². The third-order valence-electron chi connectivity index (χ3n) is 4.99. The molecule has 0 aliphatic heterocycles. The Morgan fingerprint density at radius 1 is 0.971 bits per heavy atom. The van der Waals surface area contributed by atoms with Crippen LogP contribution < -0.4 is 14.4 Å². The van der Waals surface area contributed by atoms with Crippen molar-refractivity contribution in [2.75, 3.05) is 29.8 Å². The number of amides is 1. The molecule has 0 radical (unpaired) electrons. The number of nitrogens with one attached hydrogen (secondary N) is 1. The number of benzene rings is 3. The summed E-state index contributed by atoms with van der Waals surface area (Å²) in [7, 11) is -3.98. The van der Waals surface area contributed by atoms with Crippen LogP contribution in [0.3, 0.4) is 0 Å². The molecular weight excluding hydrogens is 468 g/mol. The van der Waals surface area contributed by atoms with E-state index in [1.54, 1.807) is 54.2 Å². The summed E-state index contributed by atoms with van der Waals surface area (Å²) in [6.45, 7) is 4.38. The normalized spacial score (nSPS) is 11.1. The van der Waals surface area contributed by atoms with E-state index < -0.39 is 10.0 Å². The van der Waals surface area contributed by atoms with Crippen LogP contribution in [0.4, 0.5) is 5.69 Å². The minimum Gasteiger partial charge on any atom is -0.492 e. The summed E-state index contributed by atoms with van der Waals surface area (Å²) in [6, 6.07) is 23.3. The zero-order valence-electron chi connectivity index (χ0n) is 19.4. The summed E-state index contributed by atoms with van der Waals surface area (Å²) in [5, 5.41) is 2.85. The second-order valence-electron chi connectivity index (χ2n) is 7.59. The van der Waals surface area contributed by atoms with Gasteiger partial charge in [0.1, 0.15) is 12.3 Å². The largest absolute Gasteiger partial charge is 0.492 e. The molecule has 0 aromatic heterocycles. The van der Waals surface area contributed by atoms with Crippen molar-refractivity contribution >= 4 is 33.4 Å². The number of sulfonamides is 1. The lowest BCUT2D eigenvalue weighted by atomic mass is 10.2. The summed E-state index contributed by atoms with van der Waals surface area (Å²) in [6.07, 6.45) is 0.769. The first-order valence-electron chi connectivity index (χ1n) is 11.2. The SMILES string of the molecule is CCOc1ccccc1N(CC(=O)NCCCSc1ccc(C)cc1)S(=O)(=O)c1ccccc1. The Bertz CT molecular complexity index is 1170. The van der Waals surface area contributed by atoms with Crippen molar-refractivity contribution < 1.29 is 17.9 Å². The number of carbonyl (C=O) groups excluding carboxylic acids is 1. The Balaban J connectivity index is 1.68. The Labute approximate surface area is 206 Å². The van der Waals surface area contributed by atoms with Gasteiger partial charge in [0.15, 0.2) is 0 Å². The van der Waals surface area contributed by atoms with Gasteiger partial charge in [0.05, 0.1) is 17.2 Å². The molecule has 3 aromatic carbocycles. The maximum Gasteiger partial charge on any atom is 0.264 e. The minimum absolute atomic E-state index is 0.114. The van der Waals surface area contributed by atoms with E-state index in [4.69, 9.17) is 4.74 Å². The third-order valence-corrected chi connectivity index (χ3v) is 7.86. The summed E-state index contributed by atoms with van der Waals surface area (Å²) in [5.41, 5.74) is 1.55. The molecule has 3 aromatic rings. The fourth-order valence-electron chi connectivity index (χ4n) is 3.27. The maximum absolute atomic E-state index is 13.5. The molecule has 0 bridgehead atoms. The summed E-state index contributed by atoms with van der Waals surface area (Å²) in [4.78, 5) is 14.1. The molecule has 0 saturated heterocycles. The lowest BCUT2D eigenvalue weighted by Gasteiger charge is -2.26. The second-order valence-corrected chi connectivity index (χ2v) is 10.6. The highest BCUT2D eigenvalue weighted by Gasteiger charge is 2.29. The van der Waals surface area contributed by atoms with Gasteiger partial charge in [-0.15, -0.1) is 11.8 Å². The van der Waals surface area contributed by atoms with Gasteiger partial charge in [0.2, 0.25) is 5.91 Å². The number of hydrogen-bond acceptors (Lipinski definition) is 5. The van der Waals surface area contributed by atoms with E-state index in [0.717, 1.165) is 16.5 Å². The Morgan fingerprint density at radius 3 is 2.35 bits per heavy atom. The van der Waals surface area contributed by atoms with Crippen LogP contribution in [0.25, 0.3) is 0 Å². The number of thioether (sulfide) groups is 1. The Morgan fingerprint density at radius 2 is 1.65 bits per heavy atom. The molecule has 34 heavy (non-hydrogen) atoms. The number of aryl methyl sites for hydroxylation is 1. The molecule has 0 unspecified atom stereocenters. The van der Waals surface area contributed by atoms with Crippen LogP contribution in [0.5, 0.6) is 5.75 Å². The number of anilines is 1. The van der Waals surface area contributed by atoms with E-state index in [9.17, 15) is 13.2 Å². The Hall–Kier alpha value is -2.97. The zero-order valence-corrected chi connectivity index (χ0v) is 21.1. The predicted molar refractivity (Wildman–Crippen MR) is 138 cm³/mol. The molecule has 3 rings (SSSR count). The zero-order chi connectivity index (χ0) is 24.4. The third kappa shape index (κ3) is 7.01. The van der Waals surface area contributed by atoms with E-state index in [1.807, 2.05) is 6.92 Å².